The molecule has 0 radical (unpaired) electrons. The topological polar surface area (TPSA) is 47.0 Å². The maximum atomic E-state index is 5.74. The minimum Gasteiger partial charge on any atom is -0.375 e. The van der Waals surface area contributed by atoms with Gasteiger partial charge in [-0.25, -0.2) is 0 Å². The zero-order valence-electron chi connectivity index (χ0n) is 11.6. The van der Waals surface area contributed by atoms with Crippen LogP contribution in [0.3, 0.4) is 0 Å². The highest BCUT2D eigenvalue weighted by Gasteiger charge is 2.25. The Morgan fingerprint density at radius 3 is 2.56 bits per heavy atom. The molecule has 0 aliphatic carbocycles. The minimum atomic E-state index is 0.328. The van der Waals surface area contributed by atoms with Crippen LogP contribution < -0.4 is 5.32 Å². The minimum absolute atomic E-state index is 0.328. The van der Waals surface area contributed by atoms with Gasteiger partial charge in [-0.15, -0.1) is 10.2 Å². The lowest BCUT2D eigenvalue weighted by Crippen LogP contribution is -2.36. The second-order valence-corrected chi connectivity index (χ2v) is 6.73. The van der Waals surface area contributed by atoms with Crippen LogP contribution >= 0.6 is 11.3 Å². The summed E-state index contributed by atoms with van der Waals surface area (Å²) in [7, 11) is 0. The van der Waals surface area contributed by atoms with Gasteiger partial charge in [0, 0.05) is 12.5 Å². The number of aromatic nitrogens is 2. The van der Waals surface area contributed by atoms with Gasteiger partial charge in [-0.05, 0) is 32.6 Å². The van der Waals surface area contributed by atoms with Crippen molar-refractivity contribution in [1.82, 2.24) is 10.2 Å². The molecule has 0 amide bonds. The van der Waals surface area contributed by atoms with E-state index in [1.807, 2.05) is 0 Å². The van der Waals surface area contributed by atoms with E-state index >= 15 is 0 Å². The van der Waals surface area contributed by atoms with Crippen molar-refractivity contribution in [3.8, 4) is 0 Å². The molecule has 0 saturated carbocycles. The van der Waals surface area contributed by atoms with Crippen LogP contribution in [0, 0.1) is 5.92 Å². The van der Waals surface area contributed by atoms with Gasteiger partial charge in [-0.3, -0.25) is 0 Å². The normalized spacial score (nSPS) is 28.6. The van der Waals surface area contributed by atoms with Gasteiger partial charge in [0.05, 0.1) is 12.2 Å². The summed E-state index contributed by atoms with van der Waals surface area (Å²) in [5.74, 6) is 0.633. The first-order chi connectivity index (χ1) is 8.52. The highest BCUT2D eigenvalue weighted by molar-refractivity contribution is 7.15. The van der Waals surface area contributed by atoms with Crippen LogP contribution in [0.2, 0.25) is 0 Å². The van der Waals surface area contributed by atoms with Crippen molar-refractivity contribution < 1.29 is 4.74 Å². The molecular formula is C13H23N3OS. The fraction of sp³-hybridized carbons (Fsp3) is 0.846. The van der Waals surface area contributed by atoms with Crippen molar-refractivity contribution in [1.29, 1.82) is 0 Å². The maximum absolute atomic E-state index is 5.74. The van der Waals surface area contributed by atoms with Gasteiger partial charge in [0.2, 0.25) is 5.13 Å². The molecule has 1 aromatic heterocycles. The summed E-state index contributed by atoms with van der Waals surface area (Å²) in [5.41, 5.74) is 0. The Balaban J connectivity index is 1.90. The van der Waals surface area contributed by atoms with Gasteiger partial charge in [-0.1, -0.05) is 25.2 Å². The van der Waals surface area contributed by atoms with Crippen LogP contribution in [-0.4, -0.2) is 28.4 Å². The Hall–Kier alpha value is -0.680. The molecule has 2 heterocycles. The van der Waals surface area contributed by atoms with Crippen LogP contribution in [0.25, 0.3) is 0 Å². The number of rotatable bonds is 4. The summed E-state index contributed by atoms with van der Waals surface area (Å²) in [4.78, 5) is 0. The van der Waals surface area contributed by atoms with Crippen LogP contribution in [0.4, 0.5) is 5.13 Å². The molecule has 2 atom stereocenters. The Morgan fingerprint density at radius 2 is 1.94 bits per heavy atom. The summed E-state index contributed by atoms with van der Waals surface area (Å²) in [5, 5.41) is 14.0. The highest BCUT2D eigenvalue weighted by Crippen LogP contribution is 2.25. The van der Waals surface area contributed by atoms with Gasteiger partial charge < -0.3 is 10.1 Å². The molecule has 102 valence electrons. The number of nitrogens with one attached hydrogen (secondary N) is 1. The molecule has 5 heteroatoms. The number of hydrogen-bond acceptors (Lipinski definition) is 5. The summed E-state index contributed by atoms with van der Waals surface area (Å²) >= 11 is 1.68. The van der Waals surface area contributed by atoms with Crippen molar-refractivity contribution in [3.63, 3.8) is 0 Å². The lowest BCUT2D eigenvalue weighted by molar-refractivity contribution is -0.0337. The lowest BCUT2D eigenvalue weighted by atomic mass is 10.0. The Morgan fingerprint density at radius 1 is 1.28 bits per heavy atom. The van der Waals surface area contributed by atoms with E-state index in [2.05, 4.69) is 43.2 Å². The number of ether oxygens (including phenoxy) is 1. The van der Waals surface area contributed by atoms with Crippen LogP contribution in [-0.2, 0) is 11.2 Å². The molecule has 2 unspecified atom stereocenters. The second kappa shape index (κ2) is 5.97. The molecule has 1 aliphatic heterocycles. The van der Waals surface area contributed by atoms with Crippen molar-refractivity contribution in [2.75, 3.05) is 5.32 Å². The van der Waals surface area contributed by atoms with Gasteiger partial charge in [0.25, 0.3) is 0 Å². The van der Waals surface area contributed by atoms with Gasteiger partial charge in [0.1, 0.15) is 5.01 Å². The largest absolute Gasteiger partial charge is 0.375 e. The van der Waals surface area contributed by atoms with Gasteiger partial charge in [-0.2, -0.15) is 0 Å². The number of anilines is 1. The number of hydrogen-bond donors (Lipinski definition) is 1. The predicted octanol–water partition coefficient (Wildman–Crippen LogP) is 3.10. The standard InChI is InChI=1S/C13H23N3OS/c1-8(2)5-12-15-16-13(18-12)14-11-6-9(3)17-10(4)7-11/h8-11H,5-7H2,1-4H3,(H,14,16). The predicted molar refractivity (Wildman–Crippen MR) is 75.1 cm³/mol. The van der Waals surface area contributed by atoms with Crippen molar-refractivity contribution in [2.45, 2.75) is 65.2 Å². The first kappa shape index (κ1) is 13.7. The monoisotopic (exact) mass is 269 g/mol. The second-order valence-electron chi connectivity index (χ2n) is 5.67. The summed E-state index contributed by atoms with van der Waals surface area (Å²) in [6.45, 7) is 8.68. The summed E-state index contributed by atoms with van der Waals surface area (Å²) in [6.07, 6.45) is 3.76. The molecule has 1 fully saturated rings. The van der Waals surface area contributed by atoms with E-state index < -0.39 is 0 Å². The third-order valence-electron chi connectivity index (χ3n) is 3.07. The molecule has 1 aliphatic rings. The molecule has 1 N–H and O–H groups in total. The van der Waals surface area contributed by atoms with Crippen molar-refractivity contribution in [3.05, 3.63) is 5.01 Å². The van der Waals surface area contributed by atoms with Gasteiger partial charge >= 0.3 is 0 Å². The first-order valence-electron chi connectivity index (χ1n) is 6.77. The summed E-state index contributed by atoms with van der Waals surface area (Å²) in [6, 6.07) is 0.462. The van der Waals surface area contributed by atoms with Crippen LogP contribution in [0.1, 0.15) is 45.5 Å². The van der Waals surface area contributed by atoms with Crippen molar-refractivity contribution >= 4 is 16.5 Å². The molecule has 1 aromatic rings. The lowest BCUT2D eigenvalue weighted by Gasteiger charge is -2.32. The third-order valence-corrected chi connectivity index (χ3v) is 3.95. The average molecular weight is 269 g/mol. The van der Waals surface area contributed by atoms with E-state index in [0.717, 1.165) is 29.4 Å². The van der Waals surface area contributed by atoms with E-state index in [-0.39, 0.29) is 0 Å². The summed E-state index contributed by atoms with van der Waals surface area (Å²) < 4.78 is 5.74. The molecule has 2 rings (SSSR count). The smallest absolute Gasteiger partial charge is 0.205 e. The van der Waals surface area contributed by atoms with Crippen LogP contribution in [0.15, 0.2) is 0 Å². The molecule has 0 bridgehead atoms. The molecule has 0 aromatic carbocycles. The molecular weight excluding hydrogens is 246 g/mol. The van der Waals surface area contributed by atoms with E-state index in [9.17, 15) is 0 Å². The molecule has 4 nitrogen and oxygen atoms in total. The zero-order chi connectivity index (χ0) is 13.1. The number of nitrogens with zero attached hydrogens (tertiary/aromatic N) is 2. The quantitative estimate of drug-likeness (QED) is 0.912. The fourth-order valence-electron chi connectivity index (χ4n) is 2.44. The van der Waals surface area contributed by atoms with Crippen molar-refractivity contribution in [2.24, 2.45) is 5.92 Å². The van der Waals surface area contributed by atoms with Crippen LogP contribution in [0.5, 0.6) is 0 Å². The molecule has 18 heavy (non-hydrogen) atoms. The zero-order valence-corrected chi connectivity index (χ0v) is 12.5. The third kappa shape index (κ3) is 3.92. The highest BCUT2D eigenvalue weighted by atomic mass is 32.1. The average Bonchev–Trinajstić information content (AvgIpc) is 2.62. The molecule has 1 saturated heterocycles. The van der Waals surface area contributed by atoms with Gasteiger partial charge in [0.15, 0.2) is 0 Å². The van der Waals surface area contributed by atoms with E-state index in [1.54, 1.807) is 11.3 Å². The Bertz CT molecular complexity index is 370. The Labute approximate surface area is 113 Å². The van der Waals surface area contributed by atoms with E-state index in [0.29, 0.717) is 24.2 Å². The van der Waals surface area contributed by atoms with E-state index in [1.165, 1.54) is 0 Å². The Kier molecular flexibility index (Phi) is 4.56. The van der Waals surface area contributed by atoms with E-state index in [4.69, 9.17) is 4.74 Å². The maximum Gasteiger partial charge on any atom is 0.205 e. The SMILES string of the molecule is CC(C)Cc1nnc(NC2CC(C)OC(C)C2)s1. The fourth-order valence-corrected chi connectivity index (χ4v) is 3.47. The molecule has 0 spiro atoms. The first-order valence-corrected chi connectivity index (χ1v) is 7.59.